The number of para-hydroxylation sites is 1. The van der Waals surface area contributed by atoms with E-state index in [1.165, 1.54) is 11.3 Å². The van der Waals surface area contributed by atoms with Crippen molar-refractivity contribution in [1.29, 1.82) is 0 Å². The summed E-state index contributed by atoms with van der Waals surface area (Å²) in [6.45, 7) is 5.64. The highest BCUT2D eigenvalue weighted by Gasteiger charge is 2.33. The summed E-state index contributed by atoms with van der Waals surface area (Å²) in [6, 6.07) is 15.2. The van der Waals surface area contributed by atoms with Crippen LogP contribution in [0, 0.1) is 0 Å². The summed E-state index contributed by atoms with van der Waals surface area (Å²) in [6.07, 6.45) is 7.92. The van der Waals surface area contributed by atoms with Gasteiger partial charge >= 0.3 is 5.97 Å². The van der Waals surface area contributed by atoms with Gasteiger partial charge in [-0.25, -0.2) is 9.79 Å². The molecule has 1 atom stereocenters. The highest BCUT2D eigenvalue weighted by atomic mass is 32.2. The molecule has 2 aromatic heterocycles. The smallest absolute Gasteiger partial charge is 0.338 e. The average Bonchev–Trinajstić information content (AvgIpc) is 3.72. The monoisotopic (exact) mass is 600 g/mol. The van der Waals surface area contributed by atoms with Crippen LogP contribution in [-0.2, 0) is 20.9 Å². The molecule has 0 radical (unpaired) electrons. The van der Waals surface area contributed by atoms with Crippen molar-refractivity contribution in [3.8, 4) is 0 Å². The zero-order valence-corrected chi connectivity index (χ0v) is 25.5. The molecule has 1 saturated heterocycles. The normalized spacial score (nSPS) is 17.1. The number of likely N-dealkylation sites (tertiary alicyclic amines) is 1. The SMILES string of the molecule is CCOC(=O)C1=C(C)N=c2s/c(=C/c3cn(CC(=O)N4CCCC4)c4ccccc34)c(=O)n2[C@@H]1c1ccc(SC)cc1. The van der Waals surface area contributed by atoms with E-state index in [0.717, 1.165) is 52.9 Å². The Bertz CT molecular complexity index is 1890. The lowest BCUT2D eigenvalue weighted by Crippen LogP contribution is -2.39. The molecule has 0 aliphatic carbocycles. The minimum atomic E-state index is -0.655. The molecule has 6 rings (SSSR count). The van der Waals surface area contributed by atoms with Crippen molar-refractivity contribution >= 4 is 52.0 Å². The van der Waals surface area contributed by atoms with E-state index < -0.39 is 12.0 Å². The number of fused-ring (bicyclic) bond motifs is 2. The van der Waals surface area contributed by atoms with Crippen LogP contribution in [-0.4, -0.2) is 51.9 Å². The van der Waals surface area contributed by atoms with E-state index >= 15 is 0 Å². The fourth-order valence-electron chi connectivity index (χ4n) is 5.77. The first-order valence-electron chi connectivity index (χ1n) is 14.1. The number of aromatic nitrogens is 2. The number of thioether (sulfide) groups is 1. The van der Waals surface area contributed by atoms with Crippen LogP contribution >= 0.6 is 23.1 Å². The van der Waals surface area contributed by atoms with Crippen LogP contribution in [0.25, 0.3) is 17.0 Å². The quantitative estimate of drug-likeness (QED) is 0.236. The molecule has 0 bridgehead atoms. The van der Waals surface area contributed by atoms with E-state index in [4.69, 9.17) is 9.73 Å². The number of nitrogens with zero attached hydrogens (tertiary/aromatic N) is 4. The first kappa shape index (κ1) is 28.2. The fraction of sp³-hybridized carbons (Fsp3) is 0.312. The summed E-state index contributed by atoms with van der Waals surface area (Å²) >= 11 is 2.93. The van der Waals surface area contributed by atoms with Gasteiger partial charge in [-0.2, -0.15) is 0 Å². The van der Waals surface area contributed by atoms with Gasteiger partial charge in [0.25, 0.3) is 5.56 Å². The van der Waals surface area contributed by atoms with Gasteiger partial charge in [0.1, 0.15) is 6.54 Å². The lowest BCUT2D eigenvalue weighted by atomic mass is 9.96. The number of allylic oxidation sites excluding steroid dienone is 1. The van der Waals surface area contributed by atoms with Crippen molar-refractivity contribution in [2.75, 3.05) is 26.0 Å². The fourth-order valence-corrected chi connectivity index (χ4v) is 7.21. The number of benzene rings is 2. The number of hydrogen-bond acceptors (Lipinski definition) is 7. The van der Waals surface area contributed by atoms with Gasteiger partial charge in [0.2, 0.25) is 5.91 Å². The van der Waals surface area contributed by atoms with Gasteiger partial charge in [0, 0.05) is 40.6 Å². The van der Waals surface area contributed by atoms with Crippen molar-refractivity contribution in [2.45, 2.75) is 44.2 Å². The number of ether oxygens (including phenoxy) is 1. The van der Waals surface area contributed by atoms with E-state index in [1.54, 1.807) is 30.2 Å². The molecule has 2 aliphatic heterocycles. The maximum Gasteiger partial charge on any atom is 0.338 e. The summed E-state index contributed by atoms with van der Waals surface area (Å²) in [5.74, 6) is -0.369. The number of hydrogen-bond donors (Lipinski definition) is 0. The third-order valence-electron chi connectivity index (χ3n) is 7.82. The second-order valence-corrected chi connectivity index (χ2v) is 12.3. The van der Waals surface area contributed by atoms with Crippen LogP contribution in [0.1, 0.15) is 43.9 Å². The third-order valence-corrected chi connectivity index (χ3v) is 9.55. The number of thiazole rings is 1. The maximum absolute atomic E-state index is 14.1. The average molecular weight is 601 g/mol. The predicted molar refractivity (Wildman–Crippen MR) is 166 cm³/mol. The highest BCUT2D eigenvalue weighted by molar-refractivity contribution is 7.98. The Kier molecular flexibility index (Phi) is 7.92. The molecular formula is C32H32N4O4S2. The molecule has 42 heavy (non-hydrogen) atoms. The molecule has 2 aliphatic rings. The standard InChI is InChI=1S/C32H32N4O4S2/c1-4-40-31(39)28-20(2)33-32-36(29(28)21-11-13-23(41-3)14-12-21)30(38)26(42-32)17-22-18-35(25-10-6-5-9-24(22)25)19-27(37)34-15-7-8-16-34/h5-6,9-14,17-18,29H,4,7-8,15-16,19H2,1-3H3/b26-17+/t29-/m1/s1. The number of esters is 1. The summed E-state index contributed by atoms with van der Waals surface area (Å²) < 4.78 is 9.50. The van der Waals surface area contributed by atoms with Crippen molar-refractivity contribution < 1.29 is 14.3 Å². The Morgan fingerprint density at radius 3 is 2.57 bits per heavy atom. The molecule has 0 saturated carbocycles. The Morgan fingerprint density at radius 1 is 1.12 bits per heavy atom. The van der Waals surface area contributed by atoms with Crippen molar-refractivity contribution in [1.82, 2.24) is 14.0 Å². The molecule has 216 valence electrons. The van der Waals surface area contributed by atoms with E-state index in [2.05, 4.69) is 0 Å². The van der Waals surface area contributed by atoms with Crippen LogP contribution in [0.2, 0.25) is 0 Å². The van der Waals surface area contributed by atoms with Crippen LogP contribution in [0.5, 0.6) is 0 Å². The van der Waals surface area contributed by atoms with E-state index in [1.807, 2.05) is 76.5 Å². The minimum absolute atomic E-state index is 0.105. The third kappa shape index (κ3) is 5.13. The molecule has 1 fully saturated rings. The second kappa shape index (κ2) is 11.8. The van der Waals surface area contributed by atoms with Crippen molar-refractivity contribution in [2.24, 2.45) is 4.99 Å². The van der Waals surface area contributed by atoms with Crippen LogP contribution in [0.3, 0.4) is 0 Å². The minimum Gasteiger partial charge on any atom is -0.463 e. The summed E-state index contributed by atoms with van der Waals surface area (Å²) in [7, 11) is 0. The molecule has 4 aromatic rings. The van der Waals surface area contributed by atoms with Crippen LogP contribution < -0.4 is 14.9 Å². The number of carbonyl (C=O) groups is 2. The molecule has 10 heteroatoms. The van der Waals surface area contributed by atoms with Crippen molar-refractivity contribution in [3.63, 3.8) is 0 Å². The van der Waals surface area contributed by atoms with Gasteiger partial charge in [0.15, 0.2) is 4.80 Å². The lowest BCUT2D eigenvalue weighted by molar-refractivity contribution is -0.139. The first-order valence-corrected chi connectivity index (χ1v) is 16.1. The second-order valence-electron chi connectivity index (χ2n) is 10.4. The zero-order chi connectivity index (χ0) is 29.4. The number of carbonyl (C=O) groups excluding carboxylic acids is 2. The Hall–Kier alpha value is -3.89. The highest BCUT2D eigenvalue weighted by Crippen LogP contribution is 2.32. The molecule has 1 amide bonds. The van der Waals surface area contributed by atoms with Crippen LogP contribution in [0.4, 0.5) is 0 Å². The number of amides is 1. The lowest BCUT2D eigenvalue weighted by Gasteiger charge is -2.24. The van der Waals surface area contributed by atoms with Gasteiger partial charge in [-0.1, -0.05) is 41.7 Å². The number of rotatable bonds is 7. The topological polar surface area (TPSA) is 85.9 Å². The first-order chi connectivity index (χ1) is 20.4. The van der Waals surface area contributed by atoms with E-state index in [9.17, 15) is 14.4 Å². The molecule has 0 unspecified atom stereocenters. The Labute approximate surface area is 251 Å². The van der Waals surface area contributed by atoms with Crippen LogP contribution in [0.15, 0.2) is 80.7 Å². The zero-order valence-electron chi connectivity index (χ0n) is 23.8. The molecule has 0 spiro atoms. The summed E-state index contributed by atoms with van der Waals surface area (Å²) in [5.41, 5.74) is 3.29. The van der Waals surface area contributed by atoms with Gasteiger partial charge < -0.3 is 14.2 Å². The van der Waals surface area contributed by atoms with Crippen molar-refractivity contribution in [3.05, 3.63) is 96.8 Å². The van der Waals surface area contributed by atoms with Gasteiger partial charge in [-0.05, 0) is 62.8 Å². The van der Waals surface area contributed by atoms with Gasteiger partial charge in [-0.3, -0.25) is 14.2 Å². The van der Waals surface area contributed by atoms with E-state index in [0.29, 0.717) is 20.6 Å². The molecular weight excluding hydrogens is 569 g/mol. The molecule has 0 N–H and O–H groups in total. The molecule has 2 aromatic carbocycles. The van der Waals surface area contributed by atoms with Gasteiger partial charge in [0.05, 0.1) is 28.5 Å². The maximum atomic E-state index is 14.1. The summed E-state index contributed by atoms with van der Waals surface area (Å²) in [4.78, 5) is 48.5. The molecule has 4 heterocycles. The largest absolute Gasteiger partial charge is 0.463 e. The molecule has 8 nitrogen and oxygen atoms in total. The van der Waals surface area contributed by atoms with E-state index in [-0.39, 0.29) is 24.6 Å². The summed E-state index contributed by atoms with van der Waals surface area (Å²) in [5, 5.41) is 0.963. The Balaban J connectivity index is 1.47. The van der Waals surface area contributed by atoms with Gasteiger partial charge in [-0.15, -0.1) is 11.8 Å². The Morgan fingerprint density at radius 2 is 1.86 bits per heavy atom. The predicted octanol–water partition coefficient (Wildman–Crippen LogP) is 4.10.